The van der Waals surface area contributed by atoms with Gasteiger partial charge in [-0.05, 0) is 26.2 Å². The fourth-order valence-electron chi connectivity index (χ4n) is 1.73. The Bertz CT molecular complexity index is 554. The van der Waals surface area contributed by atoms with Crippen molar-refractivity contribution in [2.45, 2.75) is 6.04 Å². The molecule has 2 aromatic rings. The normalized spacial score (nSPS) is 12.4. The summed E-state index contributed by atoms with van der Waals surface area (Å²) in [4.78, 5) is 21.7. The summed E-state index contributed by atoms with van der Waals surface area (Å²) in [6, 6.07) is 3.64. The van der Waals surface area contributed by atoms with Gasteiger partial charge in [0.25, 0.3) is 5.91 Å². The van der Waals surface area contributed by atoms with E-state index in [2.05, 4.69) is 15.3 Å². The van der Waals surface area contributed by atoms with Crippen LogP contribution in [0.1, 0.15) is 22.3 Å². The lowest BCUT2D eigenvalue weighted by Gasteiger charge is -2.22. The number of rotatable bonds is 5. The molecule has 0 aromatic carbocycles. The summed E-state index contributed by atoms with van der Waals surface area (Å²) in [5.74, 6) is 0.491. The van der Waals surface area contributed by atoms with Crippen molar-refractivity contribution in [3.8, 4) is 0 Å². The maximum atomic E-state index is 11.9. The standard InChI is InChI=1S/C13H15ClN4O2/c1-18(2)10(11-4-3-5-20-11)7-17-13(19)9-6-16-12(14)8-15-9/h3-6,8,10H,7H2,1-2H3,(H,17,19). The number of halogens is 1. The molecule has 1 unspecified atom stereocenters. The van der Waals surface area contributed by atoms with Gasteiger partial charge in [-0.15, -0.1) is 0 Å². The highest BCUT2D eigenvalue weighted by Gasteiger charge is 2.18. The lowest BCUT2D eigenvalue weighted by atomic mass is 10.2. The molecule has 0 aliphatic heterocycles. The van der Waals surface area contributed by atoms with Crippen LogP contribution in [0.5, 0.6) is 0 Å². The van der Waals surface area contributed by atoms with Crippen molar-refractivity contribution in [3.63, 3.8) is 0 Å². The van der Waals surface area contributed by atoms with E-state index in [9.17, 15) is 4.79 Å². The zero-order valence-electron chi connectivity index (χ0n) is 11.2. The van der Waals surface area contributed by atoms with Gasteiger partial charge in [0.05, 0.1) is 24.7 Å². The van der Waals surface area contributed by atoms with Gasteiger partial charge >= 0.3 is 0 Å². The van der Waals surface area contributed by atoms with Crippen LogP contribution in [0.2, 0.25) is 5.15 Å². The van der Waals surface area contributed by atoms with Crippen molar-refractivity contribution in [1.29, 1.82) is 0 Å². The highest BCUT2D eigenvalue weighted by Crippen LogP contribution is 2.17. The molecular weight excluding hydrogens is 280 g/mol. The molecule has 0 spiro atoms. The second-order valence-corrected chi connectivity index (χ2v) is 4.82. The zero-order chi connectivity index (χ0) is 14.5. The van der Waals surface area contributed by atoms with Crippen LogP contribution < -0.4 is 5.32 Å². The summed E-state index contributed by atoms with van der Waals surface area (Å²) < 4.78 is 5.37. The number of furan rings is 1. The minimum Gasteiger partial charge on any atom is -0.468 e. The van der Waals surface area contributed by atoms with Crippen LogP contribution in [0.15, 0.2) is 35.2 Å². The SMILES string of the molecule is CN(C)C(CNC(=O)c1cnc(Cl)cn1)c1ccco1. The second-order valence-electron chi connectivity index (χ2n) is 4.43. The van der Waals surface area contributed by atoms with Gasteiger partial charge in [-0.25, -0.2) is 9.97 Å². The molecule has 1 amide bonds. The van der Waals surface area contributed by atoms with E-state index in [1.807, 2.05) is 31.1 Å². The van der Waals surface area contributed by atoms with Crippen molar-refractivity contribution in [1.82, 2.24) is 20.2 Å². The molecule has 20 heavy (non-hydrogen) atoms. The minimum atomic E-state index is -0.299. The highest BCUT2D eigenvalue weighted by molar-refractivity contribution is 6.29. The topological polar surface area (TPSA) is 71.3 Å². The quantitative estimate of drug-likeness (QED) is 0.910. The average Bonchev–Trinajstić information content (AvgIpc) is 2.93. The summed E-state index contributed by atoms with van der Waals surface area (Å²) in [5, 5.41) is 3.05. The Labute approximate surface area is 121 Å². The van der Waals surface area contributed by atoms with E-state index in [1.54, 1.807) is 6.26 Å². The van der Waals surface area contributed by atoms with Crippen molar-refractivity contribution in [3.05, 3.63) is 47.4 Å². The molecule has 0 bridgehead atoms. The monoisotopic (exact) mass is 294 g/mol. The molecule has 0 saturated carbocycles. The number of aromatic nitrogens is 2. The van der Waals surface area contributed by atoms with E-state index in [1.165, 1.54) is 12.4 Å². The van der Waals surface area contributed by atoms with Gasteiger partial charge in [-0.2, -0.15) is 0 Å². The third-order valence-electron chi connectivity index (χ3n) is 2.80. The molecule has 0 aliphatic rings. The molecule has 1 N–H and O–H groups in total. The molecule has 2 rings (SSSR count). The first kappa shape index (κ1) is 14.5. The summed E-state index contributed by atoms with van der Waals surface area (Å²) in [6.45, 7) is 0.406. The van der Waals surface area contributed by atoms with Gasteiger partial charge in [0.2, 0.25) is 0 Å². The van der Waals surface area contributed by atoms with Crippen LogP contribution >= 0.6 is 11.6 Å². The predicted octanol–water partition coefficient (Wildman–Crippen LogP) is 1.76. The van der Waals surface area contributed by atoms with Crippen LogP contribution in [0, 0.1) is 0 Å². The first-order valence-electron chi connectivity index (χ1n) is 6.03. The minimum absolute atomic E-state index is 0.0470. The molecule has 0 saturated heterocycles. The average molecular weight is 295 g/mol. The lowest BCUT2D eigenvalue weighted by Crippen LogP contribution is -2.34. The van der Waals surface area contributed by atoms with Crippen molar-refractivity contribution in [2.75, 3.05) is 20.6 Å². The van der Waals surface area contributed by atoms with E-state index < -0.39 is 0 Å². The molecule has 106 valence electrons. The molecule has 0 fully saturated rings. The van der Waals surface area contributed by atoms with Crippen LogP contribution in [-0.4, -0.2) is 41.4 Å². The summed E-state index contributed by atoms with van der Waals surface area (Å²) in [6.07, 6.45) is 4.29. The Morgan fingerprint density at radius 2 is 2.25 bits per heavy atom. The Balaban J connectivity index is 1.99. The third kappa shape index (κ3) is 3.55. The Hall–Kier alpha value is -1.92. The zero-order valence-corrected chi connectivity index (χ0v) is 12.0. The van der Waals surface area contributed by atoms with Gasteiger partial charge in [0.1, 0.15) is 16.6 Å². The Morgan fingerprint density at radius 1 is 1.45 bits per heavy atom. The summed E-state index contributed by atoms with van der Waals surface area (Å²) >= 11 is 5.63. The number of carbonyl (C=O) groups is 1. The molecule has 0 aliphatic carbocycles. The van der Waals surface area contributed by atoms with Crippen molar-refractivity contribution in [2.24, 2.45) is 0 Å². The van der Waals surface area contributed by atoms with Gasteiger partial charge < -0.3 is 9.73 Å². The number of likely N-dealkylation sites (N-methyl/N-ethyl adjacent to an activating group) is 1. The van der Waals surface area contributed by atoms with Crippen molar-refractivity contribution >= 4 is 17.5 Å². The number of nitrogens with zero attached hydrogens (tertiary/aromatic N) is 3. The predicted molar refractivity (Wildman–Crippen MR) is 74.5 cm³/mol. The van der Waals surface area contributed by atoms with Gasteiger partial charge in [0, 0.05) is 6.54 Å². The van der Waals surface area contributed by atoms with E-state index >= 15 is 0 Å². The smallest absolute Gasteiger partial charge is 0.271 e. The maximum absolute atomic E-state index is 11.9. The van der Waals surface area contributed by atoms with E-state index in [-0.39, 0.29) is 22.8 Å². The van der Waals surface area contributed by atoms with E-state index in [0.29, 0.717) is 6.54 Å². The molecule has 2 aromatic heterocycles. The van der Waals surface area contributed by atoms with Crippen LogP contribution in [0.3, 0.4) is 0 Å². The number of amides is 1. The molecule has 2 heterocycles. The third-order valence-corrected chi connectivity index (χ3v) is 3.00. The number of nitrogens with one attached hydrogen (secondary N) is 1. The second kappa shape index (κ2) is 6.49. The maximum Gasteiger partial charge on any atom is 0.271 e. The fourth-order valence-corrected chi connectivity index (χ4v) is 1.83. The number of hydrogen-bond donors (Lipinski definition) is 1. The number of carbonyl (C=O) groups excluding carboxylic acids is 1. The lowest BCUT2D eigenvalue weighted by molar-refractivity contribution is 0.0933. The van der Waals surface area contributed by atoms with Crippen LogP contribution in [0.4, 0.5) is 0 Å². The fraction of sp³-hybridized carbons (Fsp3) is 0.308. The van der Waals surface area contributed by atoms with Gasteiger partial charge in [-0.3, -0.25) is 9.69 Å². The van der Waals surface area contributed by atoms with Gasteiger partial charge in [-0.1, -0.05) is 11.6 Å². The molecular formula is C13H15ClN4O2. The summed E-state index contributed by atoms with van der Waals surface area (Å²) in [7, 11) is 3.84. The van der Waals surface area contributed by atoms with E-state index in [0.717, 1.165) is 5.76 Å². The first-order chi connectivity index (χ1) is 9.58. The first-order valence-corrected chi connectivity index (χ1v) is 6.41. The van der Waals surface area contributed by atoms with Crippen molar-refractivity contribution < 1.29 is 9.21 Å². The largest absolute Gasteiger partial charge is 0.468 e. The Kier molecular flexibility index (Phi) is 4.70. The highest BCUT2D eigenvalue weighted by atomic mass is 35.5. The molecule has 6 nitrogen and oxygen atoms in total. The molecule has 1 atom stereocenters. The van der Waals surface area contributed by atoms with Gasteiger partial charge in [0.15, 0.2) is 0 Å². The number of hydrogen-bond acceptors (Lipinski definition) is 5. The summed E-state index contributed by atoms with van der Waals surface area (Å²) in [5.41, 5.74) is 0.228. The van der Waals surface area contributed by atoms with Crippen LogP contribution in [-0.2, 0) is 0 Å². The van der Waals surface area contributed by atoms with Crippen LogP contribution in [0.25, 0.3) is 0 Å². The van der Waals surface area contributed by atoms with E-state index in [4.69, 9.17) is 16.0 Å². The molecule has 7 heteroatoms. The molecule has 0 radical (unpaired) electrons. The Morgan fingerprint density at radius 3 is 2.80 bits per heavy atom.